The van der Waals surface area contributed by atoms with Crippen LogP contribution in [0.1, 0.15) is 67.0 Å². The topological polar surface area (TPSA) is 38.3 Å². The molecule has 0 radical (unpaired) electrons. The zero-order valence-electron chi connectivity index (χ0n) is 17.0. The van der Waals surface area contributed by atoms with Crippen LogP contribution in [0.3, 0.4) is 0 Å². The quantitative estimate of drug-likeness (QED) is 0.762. The first-order valence-corrected chi connectivity index (χ1v) is 10.1. The van der Waals surface area contributed by atoms with Gasteiger partial charge in [0.25, 0.3) is 5.91 Å². The molecule has 2 aromatic carbocycles. The van der Waals surface area contributed by atoms with Gasteiger partial charge in [0, 0.05) is 0 Å². The molecule has 1 N–H and O–H groups in total. The second-order valence-electron chi connectivity index (χ2n) is 7.66. The molecule has 1 aliphatic carbocycles. The van der Waals surface area contributed by atoms with Gasteiger partial charge >= 0.3 is 0 Å². The molecule has 2 unspecified atom stereocenters. The van der Waals surface area contributed by atoms with Crippen LogP contribution in [0.5, 0.6) is 5.75 Å². The van der Waals surface area contributed by atoms with Crippen LogP contribution in [-0.2, 0) is 17.6 Å². The first kappa shape index (κ1) is 19.5. The average Bonchev–Trinajstić information content (AvgIpc) is 2.69. The number of aryl methyl sites for hydroxylation is 3. The first-order chi connectivity index (χ1) is 13.0. The highest BCUT2D eigenvalue weighted by Gasteiger charge is 2.21. The van der Waals surface area contributed by atoms with Gasteiger partial charge in [0.2, 0.25) is 0 Å². The Balaban J connectivity index is 1.68. The maximum atomic E-state index is 12.7. The van der Waals surface area contributed by atoms with Crippen molar-refractivity contribution in [2.75, 3.05) is 0 Å². The molecule has 0 fully saturated rings. The predicted octanol–water partition coefficient (Wildman–Crippen LogP) is 5.22. The average molecular weight is 366 g/mol. The van der Waals surface area contributed by atoms with E-state index >= 15 is 0 Å². The van der Waals surface area contributed by atoms with E-state index in [1.807, 2.05) is 26.0 Å². The minimum absolute atomic E-state index is 0.0226. The molecule has 0 bridgehead atoms. The second-order valence-corrected chi connectivity index (χ2v) is 7.66. The van der Waals surface area contributed by atoms with Crippen molar-refractivity contribution in [2.24, 2.45) is 0 Å². The molecule has 3 rings (SSSR count). The fraction of sp³-hybridized carbons (Fsp3) is 0.458. The maximum Gasteiger partial charge on any atom is 0.261 e. The Morgan fingerprint density at radius 3 is 2.59 bits per heavy atom. The number of amides is 1. The summed E-state index contributed by atoms with van der Waals surface area (Å²) < 4.78 is 5.95. The van der Waals surface area contributed by atoms with Crippen molar-refractivity contribution >= 4 is 5.91 Å². The van der Waals surface area contributed by atoms with Crippen molar-refractivity contribution in [2.45, 2.75) is 71.9 Å². The van der Waals surface area contributed by atoms with E-state index in [-0.39, 0.29) is 11.9 Å². The molecule has 144 valence electrons. The fourth-order valence-electron chi connectivity index (χ4n) is 3.78. The van der Waals surface area contributed by atoms with Gasteiger partial charge in [-0.15, -0.1) is 0 Å². The third-order valence-corrected chi connectivity index (χ3v) is 5.73. The molecule has 0 saturated carbocycles. The van der Waals surface area contributed by atoms with Gasteiger partial charge in [-0.25, -0.2) is 0 Å². The van der Waals surface area contributed by atoms with Gasteiger partial charge in [0.1, 0.15) is 5.75 Å². The number of carbonyl (C=O) groups is 1. The first-order valence-electron chi connectivity index (χ1n) is 10.1. The van der Waals surface area contributed by atoms with E-state index in [1.54, 1.807) is 0 Å². The Morgan fingerprint density at radius 2 is 1.85 bits per heavy atom. The molecule has 0 saturated heterocycles. The Labute approximate surface area is 163 Å². The van der Waals surface area contributed by atoms with Crippen molar-refractivity contribution in [1.29, 1.82) is 0 Å². The van der Waals surface area contributed by atoms with Crippen LogP contribution in [0.15, 0.2) is 36.4 Å². The number of fused-ring (bicyclic) bond motifs is 1. The van der Waals surface area contributed by atoms with Crippen molar-refractivity contribution in [3.05, 3.63) is 64.2 Å². The van der Waals surface area contributed by atoms with Gasteiger partial charge in [0.15, 0.2) is 6.10 Å². The van der Waals surface area contributed by atoms with Crippen LogP contribution in [0.25, 0.3) is 0 Å². The molecular weight excluding hydrogens is 334 g/mol. The zero-order chi connectivity index (χ0) is 19.4. The monoisotopic (exact) mass is 365 g/mol. The molecule has 0 spiro atoms. The van der Waals surface area contributed by atoms with Gasteiger partial charge < -0.3 is 10.1 Å². The molecule has 0 aliphatic heterocycles. The summed E-state index contributed by atoms with van der Waals surface area (Å²) >= 11 is 0. The number of benzene rings is 2. The van der Waals surface area contributed by atoms with Gasteiger partial charge in [0.05, 0.1) is 6.04 Å². The summed E-state index contributed by atoms with van der Waals surface area (Å²) in [6.07, 6.45) is 5.21. The molecule has 2 aromatic rings. The SMILES string of the molecule is CCC(NC(=O)C(C)Oc1cccc(C)c1C)c1ccc2c(c1)CCCC2. The summed E-state index contributed by atoms with van der Waals surface area (Å²) in [4.78, 5) is 12.7. The Hall–Kier alpha value is -2.29. The van der Waals surface area contributed by atoms with E-state index in [2.05, 4.69) is 43.4 Å². The predicted molar refractivity (Wildman–Crippen MR) is 110 cm³/mol. The lowest BCUT2D eigenvalue weighted by Crippen LogP contribution is -2.38. The third-order valence-electron chi connectivity index (χ3n) is 5.73. The summed E-state index contributed by atoms with van der Waals surface area (Å²) in [6.45, 7) is 8.00. The van der Waals surface area contributed by atoms with E-state index in [1.165, 1.54) is 41.5 Å². The number of nitrogens with one attached hydrogen (secondary N) is 1. The lowest BCUT2D eigenvalue weighted by Gasteiger charge is -2.24. The van der Waals surface area contributed by atoms with E-state index in [4.69, 9.17) is 4.74 Å². The van der Waals surface area contributed by atoms with E-state index in [0.29, 0.717) is 0 Å². The van der Waals surface area contributed by atoms with Crippen LogP contribution >= 0.6 is 0 Å². The van der Waals surface area contributed by atoms with Crippen molar-refractivity contribution < 1.29 is 9.53 Å². The number of ether oxygens (including phenoxy) is 1. The maximum absolute atomic E-state index is 12.7. The van der Waals surface area contributed by atoms with Gasteiger partial charge in [-0.1, -0.05) is 37.3 Å². The summed E-state index contributed by atoms with van der Waals surface area (Å²) in [5.74, 6) is 0.708. The van der Waals surface area contributed by atoms with Gasteiger partial charge in [-0.2, -0.15) is 0 Å². The summed E-state index contributed by atoms with van der Waals surface area (Å²) in [7, 11) is 0. The van der Waals surface area contributed by atoms with Crippen molar-refractivity contribution in [3.8, 4) is 5.75 Å². The van der Waals surface area contributed by atoms with Crippen LogP contribution < -0.4 is 10.1 Å². The van der Waals surface area contributed by atoms with E-state index in [9.17, 15) is 4.79 Å². The molecule has 27 heavy (non-hydrogen) atoms. The van der Waals surface area contributed by atoms with Gasteiger partial charge in [-0.05, 0) is 86.8 Å². The fourth-order valence-corrected chi connectivity index (χ4v) is 3.78. The van der Waals surface area contributed by atoms with Crippen LogP contribution in [-0.4, -0.2) is 12.0 Å². The van der Waals surface area contributed by atoms with Crippen LogP contribution in [0.4, 0.5) is 0 Å². The van der Waals surface area contributed by atoms with Crippen LogP contribution in [0, 0.1) is 13.8 Å². The minimum atomic E-state index is -0.530. The normalized spacial score (nSPS) is 15.6. The van der Waals surface area contributed by atoms with Gasteiger partial charge in [-0.3, -0.25) is 4.79 Å². The number of hydrogen-bond donors (Lipinski definition) is 1. The molecule has 0 aromatic heterocycles. The highest BCUT2D eigenvalue weighted by molar-refractivity contribution is 5.81. The minimum Gasteiger partial charge on any atom is -0.481 e. The molecule has 0 heterocycles. The lowest BCUT2D eigenvalue weighted by atomic mass is 9.89. The molecular formula is C24H31NO2. The molecule has 1 aliphatic rings. The lowest BCUT2D eigenvalue weighted by molar-refractivity contribution is -0.128. The zero-order valence-corrected chi connectivity index (χ0v) is 17.0. The van der Waals surface area contributed by atoms with Crippen molar-refractivity contribution in [1.82, 2.24) is 5.32 Å². The summed E-state index contributed by atoms with van der Waals surface area (Å²) in [6, 6.07) is 12.7. The number of carbonyl (C=O) groups excluding carboxylic acids is 1. The highest BCUT2D eigenvalue weighted by atomic mass is 16.5. The van der Waals surface area contributed by atoms with E-state index < -0.39 is 6.10 Å². The standard InChI is InChI=1S/C24H31NO2/c1-5-22(21-14-13-19-10-6-7-11-20(19)15-21)25-24(26)18(4)27-23-12-8-9-16(2)17(23)3/h8-9,12-15,18,22H,5-7,10-11H2,1-4H3,(H,25,26). The third kappa shape index (κ3) is 4.52. The molecule has 3 heteroatoms. The van der Waals surface area contributed by atoms with Crippen molar-refractivity contribution in [3.63, 3.8) is 0 Å². The highest BCUT2D eigenvalue weighted by Crippen LogP contribution is 2.26. The summed E-state index contributed by atoms with van der Waals surface area (Å²) in [5, 5.41) is 3.18. The second kappa shape index (κ2) is 8.60. The molecule has 1 amide bonds. The molecule has 3 nitrogen and oxygen atoms in total. The summed E-state index contributed by atoms with van der Waals surface area (Å²) in [5.41, 5.74) is 6.37. The Morgan fingerprint density at radius 1 is 1.11 bits per heavy atom. The molecule has 2 atom stereocenters. The smallest absolute Gasteiger partial charge is 0.261 e. The largest absolute Gasteiger partial charge is 0.481 e. The number of rotatable bonds is 6. The van der Waals surface area contributed by atoms with E-state index in [0.717, 1.165) is 24.2 Å². The Bertz CT molecular complexity index is 812. The number of hydrogen-bond acceptors (Lipinski definition) is 2. The van der Waals surface area contributed by atoms with Crippen LogP contribution in [0.2, 0.25) is 0 Å². The Kier molecular flexibility index (Phi) is 6.20.